The summed E-state index contributed by atoms with van der Waals surface area (Å²) in [5.41, 5.74) is 0. The molecule has 1 N–H and O–H groups in total. The SMILES string of the molecule is CNC1C=CC1. The van der Waals surface area contributed by atoms with Gasteiger partial charge in [0.1, 0.15) is 0 Å². The van der Waals surface area contributed by atoms with E-state index in [0.717, 1.165) is 0 Å². The van der Waals surface area contributed by atoms with E-state index in [0.29, 0.717) is 6.04 Å². The van der Waals surface area contributed by atoms with Gasteiger partial charge in [-0.15, -0.1) is 0 Å². The average molecular weight is 83.1 g/mol. The highest BCUT2D eigenvalue weighted by atomic mass is 14.9. The zero-order valence-electron chi connectivity index (χ0n) is 3.94. The first-order valence-corrected chi connectivity index (χ1v) is 2.27. The Morgan fingerprint density at radius 2 is 2.50 bits per heavy atom. The molecule has 0 bridgehead atoms. The quantitative estimate of drug-likeness (QED) is 0.456. The highest BCUT2D eigenvalue weighted by Gasteiger charge is 2.03. The molecule has 0 saturated carbocycles. The van der Waals surface area contributed by atoms with Crippen LogP contribution in [0.15, 0.2) is 12.2 Å². The van der Waals surface area contributed by atoms with Crippen LogP contribution in [0, 0.1) is 0 Å². The van der Waals surface area contributed by atoms with Crippen LogP contribution in [0.5, 0.6) is 0 Å². The second-order valence-corrected chi connectivity index (χ2v) is 1.56. The Kier molecular flexibility index (Phi) is 0.926. The first-order chi connectivity index (χ1) is 2.93. The van der Waals surface area contributed by atoms with Gasteiger partial charge in [0.2, 0.25) is 0 Å². The van der Waals surface area contributed by atoms with E-state index in [-0.39, 0.29) is 0 Å². The third kappa shape index (κ3) is 0.455. The topological polar surface area (TPSA) is 12.0 Å². The van der Waals surface area contributed by atoms with Crippen LogP contribution in [-0.4, -0.2) is 13.1 Å². The van der Waals surface area contributed by atoms with Crippen LogP contribution >= 0.6 is 0 Å². The van der Waals surface area contributed by atoms with Crippen LogP contribution in [-0.2, 0) is 0 Å². The van der Waals surface area contributed by atoms with Gasteiger partial charge < -0.3 is 5.32 Å². The summed E-state index contributed by atoms with van der Waals surface area (Å²) in [6.45, 7) is 0. The van der Waals surface area contributed by atoms with E-state index in [1.807, 2.05) is 7.05 Å². The van der Waals surface area contributed by atoms with E-state index in [1.165, 1.54) is 6.42 Å². The van der Waals surface area contributed by atoms with E-state index in [2.05, 4.69) is 17.5 Å². The zero-order chi connectivity index (χ0) is 4.41. The van der Waals surface area contributed by atoms with E-state index in [4.69, 9.17) is 0 Å². The zero-order valence-corrected chi connectivity index (χ0v) is 3.94. The van der Waals surface area contributed by atoms with Crippen molar-refractivity contribution in [2.75, 3.05) is 7.05 Å². The fourth-order valence-electron chi connectivity index (χ4n) is 0.486. The van der Waals surface area contributed by atoms with Gasteiger partial charge in [-0.3, -0.25) is 0 Å². The van der Waals surface area contributed by atoms with Gasteiger partial charge in [-0.2, -0.15) is 0 Å². The van der Waals surface area contributed by atoms with Gasteiger partial charge in [0.15, 0.2) is 0 Å². The van der Waals surface area contributed by atoms with E-state index in [1.54, 1.807) is 0 Å². The van der Waals surface area contributed by atoms with Crippen molar-refractivity contribution in [1.29, 1.82) is 0 Å². The average Bonchev–Trinajstić information content (AvgIpc) is 1.31. The number of hydrogen-bond acceptors (Lipinski definition) is 1. The number of hydrogen-bond donors (Lipinski definition) is 1. The van der Waals surface area contributed by atoms with Gasteiger partial charge in [0, 0.05) is 6.04 Å². The Hall–Kier alpha value is -0.300. The lowest BCUT2D eigenvalue weighted by atomic mass is 10.1. The third-order valence-electron chi connectivity index (χ3n) is 1.13. The summed E-state index contributed by atoms with van der Waals surface area (Å²) in [5.74, 6) is 0. The molecule has 1 aliphatic carbocycles. The van der Waals surface area contributed by atoms with E-state index >= 15 is 0 Å². The second kappa shape index (κ2) is 1.43. The minimum atomic E-state index is 0.685. The summed E-state index contributed by atoms with van der Waals surface area (Å²) in [4.78, 5) is 0. The Morgan fingerprint density at radius 1 is 1.83 bits per heavy atom. The van der Waals surface area contributed by atoms with Gasteiger partial charge in [-0.25, -0.2) is 0 Å². The molecule has 1 atom stereocenters. The van der Waals surface area contributed by atoms with Crippen molar-refractivity contribution in [3.63, 3.8) is 0 Å². The molecular weight excluding hydrogens is 74.1 g/mol. The minimum Gasteiger partial charge on any atom is -0.313 e. The molecule has 0 spiro atoms. The van der Waals surface area contributed by atoms with Crippen molar-refractivity contribution < 1.29 is 0 Å². The molecule has 0 aromatic carbocycles. The molecule has 0 aromatic rings. The predicted molar refractivity (Wildman–Crippen MR) is 26.6 cm³/mol. The van der Waals surface area contributed by atoms with Gasteiger partial charge in [0.05, 0.1) is 0 Å². The minimum absolute atomic E-state index is 0.685. The molecule has 0 saturated heterocycles. The molecule has 1 nitrogen and oxygen atoms in total. The summed E-state index contributed by atoms with van der Waals surface area (Å²) in [7, 11) is 1.98. The normalized spacial score (nSPS) is 29.8. The lowest BCUT2D eigenvalue weighted by Crippen LogP contribution is -2.26. The van der Waals surface area contributed by atoms with Crippen LogP contribution in [0.1, 0.15) is 6.42 Å². The molecule has 0 fully saturated rings. The Balaban J connectivity index is 2.21. The van der Waals surface area contributed by atoms with Crippen LogP contribution < -0.4 is 5.32 Å². The number of nitrogens with one attached hydrogen (secondary N) is 1. The monoisotopic (exact) mass is 83.1 g/mol. The Bertz CT molecular complexity index is 66.3. The fraction of sp³-hybridized carbons (Fsp3) is 0.600. The van der Waals surface area contributed by atoms with Crippen molar-refractivity contribution in [1.82, 2.24) is 5.32 Å². The Morgan fingerprint density at radius 3 is 2.50 bits per heavy atom. The Labute approximate surface area is 38.1 Å². The summed E-state index contributed by atoms with van der Waals surface area (Å²) in [6, 6.07) is 0.685. The maximum absolute atomic E-state index is 3.11. The molecule has 1 rings (SSSR count). The highest BCUT2D eigenvalue weighted by Crippen LogP contribution is 2.04. The first kappa shape index (κ1) is 3.88. The smallest absolute Gasteiger partial charge is 0.0281 e. The molecule has 6 heavy (non-hydrogen) atoms. The van der Waals surface area contributed by atoms with Crippen molar-refractivity contribution >= 4 is 0 Å². The lowest BCUT2D eigenvalue weighted by Gasteiger charge is -2.14. The van der Waals surface area contributed by atoms with Crippen LogP contribution in [0.2, 0.25) is 0 Å². The van der Waals surface area contributed by atoms with Crippen molar-refractivity contribution in [2.45, 2.75) is 12.5 Å². The van der Waals surface area contributed by atoms with Gasteiger partial charge in [-0.1, -0.05) is 12.2 Å². The first-order valence-electron chi connectivity index (χ1n) is 2.27. The van der Waals surface area contributed by atoms with Gasteiger partial charge >= 0.3 is 0 Å². The third-order valence-corrected chi connectivity index (χ3v) is 1.13. The van der Waals surface area contributed by atoms with Crippen LogP contribution in [0.25, 0.3) is 0 Å². The molecule has 0 radical (unpaired) electrons. The molecular formula is C5H9N. The molecule has 1 unspecified atom stereocenters. The maximum atomic E-state index is 3.11. The number of rotatable bonds is 1. The second-order valence-electron chi connectivity index (χ2n) is 1.56. The van der Waals surface area contributed by atoms with Crippen molar-refractivity contribution in [2.24, 2.45) is 0 Å². The summed E-state index contributed by atoms with van der Waals surface area (Å²) >= 11 is 0. The summed E-state index contributed by atoms with van der Waals surface area (Å²) in [6.07, 6.45) is 5.55. The molecule has 1 heteroatoms. The molecule has 0 heterocycles. The molecule has 1 aliphatic rings. The fourth-order valence-corrected chi connectivity index (χ4v) is 0.486. The van der Waals surface area contributed by atoms with E-state index < -0.39 is 0 Å². The largest absolute Gasteiger partial charge is 0.313 e. The van der Waals surface area contributed by atoms with Crippen LogP contribution in [0.3, 0.4) is 0 Å². The van der Waals surface area contributed by atoms with Crippen molar-refractivity contribution in [3.05, 3.63) is 12.2 Å². The molecule has 0 aliphatic heterocycles. The lowest BCUT2D eigenvalue weighted by molar-refractivity contribution is 0.634. The maximum Gasteiger partial charge on any atom is 0.0281 e. The number of likely N-dealkylation sites (N-methyl/N-ethyl adjacent to an activating group) is 1. The summed E-state index contributed by atoms with van der Waals surface area (Å²) < 4.78 is 0. The van der Waals surface area contributed by atoms with Gasteiger partial charge in [-0.05, 0) is 13.5 Å². The highest BCUT2D eigenvalue weighted by molar-refractivity contribution is 5.06. The molecule has 0 amide bonds. The van der Waals surface area contributed by atoms with E-state index in [9.17, 15) is 0 Å². The molecule has 0 aromatic heterocycles. The van der Waals surface area contributed by atoms with Gasteiger partial charge in [0.25, 0.3) is 0 Å². The van der Waals surface area contributed by atoms with Crippen molar-refractivity contribution in [3.8, 4) is 0 Å². The standard InChI is InChI=1S/C5H9N/c1-6-5-3-2-4-5/h2-3,5-6H,4H2,1H3. The summed E-state index contributed by atoms with van der Waals surface area (Å²) in [5, 5.41) is 3.11. The van der Waals surface area contributed by atoms with Crippen LogP contribution in [0.4, 0.5) is 0 Å². The predicted octanol–water partition coefficient (Wildman–Crippen LogP) is 0.534. The molecule has 34 valence electrons.